The number of amides is 1. The molecule has 1 atom stereocenters. The highest BCUT2D eigenvalue weighted by Gasteiger charge is 2.19. The van der Waals surface area contributed by atoms with Crippen molar-refractivity contribution in [1.82, 2.24) is 19.8 Å². The molecular weight excluding hydrogens is 308 g/mol. The lowest BCUT2D eigenvalue weighted by atomic mass is 10.1. The van der Waals surface area contributed by atoms with Gasteiger partial charge in [-0.1, -0.05) is 13.8 Å². The highest BCUT2D eigenvalue weighted by Crippen LogP contribution is 2.22. The minimum Gasteiger partial charge on any atom is -0.354 e. The van der Waals surface area contributed by atoms with Gasteiger partial charge in [0.2, 0.25) is 5.91 Å². The van der Waals surface area contributed by atoms with Crippen LogP contribution >= 0.6 is 11.3 Å². The Morgan fingerprint density at radius 3 is 2.87 bits per heavy atom. The maximum absolute atomic E-state index is 12.1. The zero-order valence-corrected chi connectivity index (χ0v) is 14.8. The lowest BCUT2D eigenvalue weighted by Crippen LogP contribution is -2.37. The van der Waals surface area contributed by atoms with Gasteiger partial charge in [0, 0.05) is 31.9 Å². The second-order valence-electron chi connectivity index (χ2n) is 5.50. The number of rotatable bonds is 10. The third-order valence-corrected chi connectivity index (χ3v) is 4.75. The van der Waals surface area contributed by atoms with Crippen LogP contribution in [-0.2, 0) is 11.3 Å². The quantitative estimate of drug-likeness (QED) is 0.727. The molecule has 2 aromatic heterocycles. The first-order valence-electron chi connectivity index (χ1n) is 8.23. The Bertz CT molecular complexity index is 549. The number of nitrogens with zero attached hydrogens (tertiary/aromatic N) is 3. The molecule has 0 saturated heterocycles. The summed E-state index contributed by atoms with van der Waals surface area (Å²) in [4.78, 5) is 18.5. The Hall–Kier alpha value is -1.66. The van der Waals surface area contributed by atoms with E-state index in [2.05, 4.69) is 45.9 Å². The van der Waals surface area contributed by atoms with E-state index in [0.717, 1.165) is 26.1 Å². The van der Waals surface area contributed by atoms with Crippen LogP contribution in [0.2, 0.25) is 0 Å². The van der Waals surface area contributed by atoms with E-state index in [1.807, 2.05) is 10.8 Å². The van der Waals surface area contributed by atoms with E-state index < -0.39 is 0 Å². The number of aryl methyl sites for hydroxylation is 1. The third kappa shape index (κ3) is 5.48. The maximum Gasteiger partial charge on any atom is 0.220 e. The first-order valence-corrected chi connectivity index (χ1v) is 9.17. The monoisotopic (exact) mass is 334 g/mol. The van der Waals surface area contributed by atoms with Gasteiger partial charge >= 0.3 is 0 Å². The second-order valence-corrected chi connectivity index (χ2v) is 6.28. The van der Waals surface area contributed by atoms with E-state index in [0.29, 0.717) is 13.0 Å². The standard InChI is InChI=1S/C17H26N4OS/c1-3-21(4-2)16(15-7-11-23-13-15)12-19-17(22)6-5-9-20-10-8-18-14-20/h7-8,10-11,13-14,16H,3-6,9,12H2,1-2H3,(H,19,22). The molecule has 0 saturated carbocycles. The smallest absolute Gasteiger partial charge is 0.220 e. The zero-order chi connectivity index (χ0) is 16.5. The number of aromatic nitrogens is 2. The molecular formula is C17H26N4OS. The highest BCUT2D eigenvalue weighted by molar-refractivity contribution is 7.07. The average molecular weight is 334 g/mol. The van der Waals surface area contributed by atoms with Crippen LogP contribution in [-0.4, -0.2) is 40.0 Å². The normalized spacial score (nSPS) is 12.5. The van der Waals surface area contributed by atoms with Crippen molar-refractivity contribution in [2.24, 2.45) is 0 Å². The molecule has 23 heavy (non-hydrogen) atoms. The largest absolute Gasteiger partial charge is 0.354 e. The number of carbonyl (C=O) groups excluding carboxylic acids is 1. The van der Waals surface area contributed by atoms with Gasteiger partial charge in [-0.3, -0.25) is 9.69 Å². The topological polar surface area (TPSA) is 50.2 Å². The molecule has 5 nitrogen and oxygen atoms in total. The van der Waals surface area contributed by atoms with Crippen molar-refractivity contribution in [2.45, 2.75) is 39.3 Å². The van der Waals surface area contributed by atoms with Gasteiger partial charge in [-0.15, -0.1) is 0 Å². The average Bonchev–Trinajstić information content (AvgIpc) is 3.24. The maximum atomic E-state index is 12.1. The van der Waals surface area contributed by atoms with Gasteiger partial charge < -0.3 is 9.88 Å². The third-order valence-electron chi connectivity index (χ3n) is 4.05. The predicted molar refractivity (Wildman–Crippen MR) is 94.5 cm³/mol. The molecule has 126 valence electrons. The Morgan fingerprint density at radius 1 is 1.43 bits per heavy atom. The zero-order valence-electron chi connectivity index (χ0n) is 13.9. The van der Waals surface area contributed by atoms with Gasteiger partial charge in [0.25, 0.3) is 0 Å². The Morgan fingerprint density at radius 2 is 2.26 bits per heavy atom. The van der Waals surface area contributed by atoms with E-state index in [1.54, 1.807) is 23.9 Å². The van der Waals surface area contributed by atoms with Crippen LogP contribution in [0.15, 0.2) is 35.5 Å². The van der Waals surface area contributed by atoms with Crippen molar-refractivity contribution in [2.75, 3.05) is 19.6 Å². The Balaban J connectivity index is 1.79. The molecule has 2 aromatic rings. The summed E-state index contributed by atoms with van der Waals surface area (Å²) < 4.78 is 2.00. The molecule has 0 aromatic carbocycles. The van der Waals surface area contributed by atoms with Crippen molar-refractivity contribution >= 4 is 17.2 Å². The minimum atomic E-state index is 0.123. The summed E-state index contributed by atoms with van der Waals surface area (Å²) in [6.07, 6.45) is 6.84. The van der Waals surface area contributed by atoms with Gasteiger partial charge in [0.05, 0.1) is 12.4 Å². The number of thiophene rings is 1. The molecule has 1 N–H and O–H groups in total. The van der Waals surface area contributed by atoms with Gasteiger partial charge in [0.15, 0.2) is 0 Å². The fourth-order valence-corrected chi connectivity index (χ4v) is 3.43. The molecule has 6 heteroatoms. The Labute approximate surface area is 142 Å². The fourth-order valence-electron chi connectivity index (χ4n) is 2.73. The molecule has 1 amide bonds. The molecule has 0 spiro atoms. The number of carbonyl (C=O) groups is 1. The van der Waals surface area contributed by atoms with Gasteiger partial charge in [-0.05, 0) is 41.9 Å². The first kappa shape index (κ1) is 17.7. The molecule has 0 fully saturated rings. The van der Waals surface area contributed by atoms with Crippen LogP contribution < -0.4 is 5.32 Å². The van der Waals surface area contributed by atoms with E-state index in [-0.39, 0.29) is 11.9 Å². The van der Waals surface area contributed by atoms with E-state index >= 15 is 0 Å². The minimum absolute atomic E-state index is 0.123. The second kappa shape index (κ2) is 9.47. The Kier molecular flexibility index (Phi) is 7.29. The van der Waals surface area contributed by atoms with Crippen molar-refractivity contribution in [3.63, 3.8) is 0 Å². The fraction of sp³-hybridized carbons (Fsp3) is 0.529. The van der Waals surface area contributed by atoms with E-state index in [1.165, 1.54) is 5.56 Å². The van der Waals surface area contributed by atoms with Crippen LogP contribution in [0.1, 0.15) is 38.3 Å². The lowest BCUT2D eigenvalue weighted by Gasteiger charge is -2.29. The van der Waals surface area contributed by atoms with Crippen molar-refractivity contribution in [3.05, 3.63) is 41.1 Å². The molecule has 0 radical (unpaired) electrons. The number of hydrogen-bond donors (Lipinski definition) is 1. The number of imidazole rings is 1. The summed E-state index contributed by atoms with van der Waals surface area (Å²) in [5.41, 5.74) is 1.29. The molecule has 2 heterocycles. The van der Waals surface area contributed by atoms with Gasteiger partial charge in [-0.25, -0.2) is 4.98 Å². The number of hydrogen-bond acceptors (Lipinski definition) is 4. The van der Waals surface area contributed by atoms with Crippen LogP contribution in [0.25, 0.3) is 0 Å². The summed E-state index contributed by atoms with van der Waals surface area (Å²) in [7, 11) is 0. The summed E-state index contributed by atoms with van der Waals surface area (Å²) in [5, 5.41) is 7.37. The van der Waals surface area contributed by atoms with Crippen molar-refractivity contribution in [3.8, 4) is 0 Å². The number of likely N-dealkylation sites (N-methyl/N-ethyl adjacent to an activating group) is 1. The SMILES string of the molecule is CCN(CC)C(CNC(=O)CCCn1ccnc1)c1ccsc1. The molecule has 1 unspecified atom stereocenters. The summed E-state index contributed by atoms with van der Waals surface area (Å²) in [6.45, 7) is 7.78. The van der Waals surface area contributed by atoms with Gasteiger partial charge in [-0.2, -0.15) is 11.3 Å². The van der Waals surface area contributed by atoms with Crippen molar-refractivity contribution < 1.29 is 4.79 Å². The van der Waals surface area contributed by atoms with Gasteiger partial charge in [0.1, 0.15) is 0 Å². The summed E-state index contributed by atoms with van der Waals surface area (Å²) in [6, 6.07) is 2.41. The summed E-state index contributed by atoms with van der Waals surface area (Å²) in [5.74, 6) is 0.123. The molecule has 2 rings (SSSR count). The number of nitrogens with one attached hydrogen (secondary N) is 1. The molecule has 0 bridgehead atoms. The lowest BCUT2D eigenvalue weighted by molar-refractivity contribution is -0.121. The first-order chi connectivity index (χ1) is 11.2. The van der Waals surface area contributed by atoms with Crippen LogP contribution in [0.5, 0.6) is 0 Å². The summed E-state index contributed by atoms with van der Waals surface area (Å²) >= 11 is 1.70. The molecule has 0 aliphatic carbocycles. The highest BCUT2D eigenvalue weighted by atomic mass is 32.1. The van der Waals surface area contributed by atoms with Crippen LogP contribution in [0.3, 0.4) is 0 Å². The molecule has 0 aliphatic rings. The predicted octanol–water partition coefficient (Wildman–Crippen LogP) is 2.92. The van der Waals surface area contributed by atoms with Crippen LogP contribution in [0.4, 0.5) is 0 Å². The van der Waals surface area contributed by atoms with Crippen LogP contribution in [0, 0.1) is 0 Å². The van der Waals surface area contributed by atoms with Crippen molar-refractivity contribution in [1.29, 1.82) is 0 Å². The van der Waals surface area contributed by atoms with E-state index in [9.17, 15) is 4.79 Å². The van der Waals surface area contributed by atoms with E-state index in [4.69, 9.17) is 0 Å². The molecule has 0 aliphatic heterocycles.